The van der Waals surface area contributed by atoms with Gasteiger partial charge in [-0.05, 0) is 96.8 Å². The molecule has 0 saturated carbocycles. The summed E-state index contributed by atoms with van der Waals surface area (Å²) in [6.07, 6.45) is 6.70. The van der Waals surface area contributed by atoms with Crippen molar-refractivity contribution in [1.29, 1.82) is 0 Å². The van der Waals surface area contributed by atoms with Gasteiger partial charge in [-0.15, -0.1) is 0 Å². The first-order chi connectivity index (χ1) is 22.0. The van der Waals surface area contributed by atoms with Gasteiger partial charge in [-0.1, -0.05) is 66.7 Å². The third kappa shape index (κ3) is 6.70. The number of rotatable bonds is 10. The number of amides is 1. The first kappa shape index (κ1) is 29.9. The first-order valence-corrected chi connectivity index (χ1v) is 15.6. The molecule has 228 valence electrons. The highest BCUT2D eigenvalue weighted by Crippen LogP contribution is 2.38. The van der Waals surface area contributed by atoms with Crippen LogP contribution >= 0.6 is 0 Å². The molecule has 1 aromatic heterocycles. The average molecular weight is 599 g/mol. The number of aryl methyl sites for hydroxylation is 2. The number of carbonyl (C=O) groups excluding carboxylic acids is 2. The van der Waals surface area contributed by atoms with Crippen LogP contribution in [0.15, 0.2) is 109 Å². The minimum Gasteiger partial charge on any atom is -0.491 e. The Morgan fingerprint density at radius 2 is 1.58 bits per heavy atom. The topological polar surface area (TPSA) is 69.6 Å². The van der Waals surface area contributed by atoms with Crippen LogP contribution in [0.5, 0.6) is 5.75 Å². The molecular weight excluding hydrogens is 560 g/mol. The fourth-order valence-corrected chi connectivity index (χ4v) is 6.20. The molecular formula is C39H38N2O4. The van der Waals surface area contributed by atoms with Gasteiger partial charge in [-0.2, -0.15) is 0 Å². The van der Waals surface area contributed by atoms with Crippen LogP contribution in [0.3, 0.4) is 0 Å². The fourth-order valence-electron chi connectivity index (χ4n) is 6.20. The number of ether oxygens (including phenoxy) is 2. The molecule has 0 bridgehead atoms. The molecule has 0 radical (unpaired) electrons. The summed E-state index contributed by atoms with van der Waals surface area (Å²) >= 11 is 0. The van der Waals surface area contributed by atoms with E-state index in [9.17, 15) is 9.59 Å². The van der Waals surface area contributed by atoms with E-state index in [4.69, 9.17) is 9.47 Å². The van der Waals surface area contributed by atoms with Crippen LogP contribution in [0.25, 0.3) is 16.5 Å². The zero-order chi connectivity index (χ0) is 31.2. The van der Waals surface area contributed by atoms with Gasteiger partial charge < -0.3 is 19.4 Å². The molecule has 5 aromatic rings. The highest BCUT2D eigenvalue weighted by molar-refractivity contribution is 6.05. The number of hydrogen-bond acceptors (Lipinski definition) is 4. The van der Waals surface area contributed by atoms with Crippen LogP contribution in [0, 0.1) is 0 Å². The lowest BCUT2D eigenvalue weighted by atomic mass is 9.94. The maximum absolute atomic E-state index is 13.1. The van der Waals surface area contributed by atoms with E-state index in [-0.39, 0.29) is 17.9 Å². The monoisotopic (exact) mass is 598 g/mol. The molecule has 1 amide bonds. The van der Waals surface area contributed by atoms with Crippen molar-refractivity contribution in [2.24, 2.45) is 0 Å². The minimum absolute atomic E-state index is 0.0955. The van der Waals surface area contributed by atoms with Gasteiger partial charge in [0.25, 0.3) is 0 Å². The molecule has 4 aromatic carbocycles. The van der Waals surface area contributed by atoms with Crippen LogP contribution in [0.2, 0.25) is 0 Å². The lowest BCUT2D eigenvalue weighted by Crippen LogP contribution is -2.13. The lowest BCUT2D eigenvalue weighted by Gasteiger charge is -2.23. The van der Waals surface area contributed by atoms with Crippen molar-refractivity contribution >= 4 is 34.0 Å². The number of aromatic nitrogens is 1. The van der Waals surface area contributed by atoms with Crippen molar-refractivity contribution in [3.63, 3.8) is 0 Å². The minimum atomic E-state index is -0.238. The summed E-state index contributed by atoms with van der Waals surface area (Å²) in [7, 11) is 0. The Kier molecular flexibility index (Phi) is 9.11. The molecule has 6 heteroatoms. The standard InChI is InChI=1S/C39H38N2O4/c1-3-44-38(43)17-10-24-45-36-16-9-8-15-34(36)40-37(42)25-27(2)30-20-21-35-31(26-30)22-23-41(35)39-32-13-6-4-11-28(32)18-19-29-12-5-7-14-33(29)39/h4-9,11-16,20-23,25-26,39H,3,10,17-19,24H2,1-2H3,(H,40,42)/b27-25+. The van der Waals surface area contributed by atoms with Gasteiger partial charge in [-0.25, -0.2) is 0 Å². The van der Waals surface area contributed by atoms with Gasteiger partial charge in [0.05, 0.1) is 24.9 Å². The van der Waals surface area contributed by atoms with Crippen molar-refractivity contribution in [1.82, 2.24) is 4.57 Å². The predicted molar refractivity (Wildman–Crippen MR) is 180 cm³/mol. The van der Waals surface area contributed by atoms with E-state index < -0.39 is 0 Å². The second-order valence-corrected chi connectivity index (χ2v) is 11.4. The molecule has 0 atom stereocenters. The second-order valence-electron chi connectivity index (χ2n) is 11.4. The van der Waals surface area contributed by atoms with Crippen LogP contribution in [0.4, 0.5) is 5.69 Å². The number of para-hydroxylation sites is 2. The number of allylic oxidation sites excluding steroid dienone is 1. The van der Waals surface area contributed by atoms with E-state index in [1.807, 2.05) is 19.1 Å². The Balaban J connectivity index is 1.20. The highest BCUT2D eigenvalue weighted by atomic mass is 16.5. The third-order valence-electron chi connectivity index (χ3n) is 8.40. The number of nitrogens with one attached hydrogen (secondary N) is 1. The Hall–Kier alpha value is -5.10. The SMILES string of the molecule is CCOC(=O)CCCOc1ccccc1NC(=O)/C=C(\C)c1ccc2c(ccn2C2c3ccccc3CCc3ccccc32)c1. The lowest BCUT2D eigenvalue weighted by molar-refractivity contribution is -0.143. The molecule has 0 spiro atoms. The maximum Gasteiger partial charge on any atom is 0.305 e. The molecule has 1 aliphatic carbocycles. The van der Waals surface area contributed by atoms with E-state index in [2.05, 4.69) is 88.9 Å². The fraction of sp³-hybridized carbons (Fsp3) is 0.231. The van der Waals surface area contributed by atoms with Crippen molar-refractivity contribution in [2.75, 3.05) is 18.5 Å². The normalized spacial score (nSPS) is 13.1. The molecule has 0 unspecified atom stereocenters. The number of fused-ring (bicyclic) bond motifs is 3. The molecule has 1 aliphatic rings. The van der Waals surface area contributed by atoms with Gasteiger partial charge in [0.2, 0.25) is 5.91 Å². The van der Waals surface area contributed by atoms with Gasteiger partial charge >= 0.3 is 5.97 Å². The van der Waals surface area contributed by atoms with Crippen LogP contribution in [-0.4, -0.2) is 29.7 Å². The first-order valence-electron chi connectivity index (χ1n) is 15.6. The number of hydrogen-bond donors (Lipinski definition) is 1. The quantitative estimate of drug-likeness (QED) is 0.100. The summed E-state index contributed by atoms with van der Waals surface area (Å²) in [5.74, 6) is 0.0859. The van der Waals surface area contributed by atoms with Crippen molar-refractivity contribution in [3.8, 4) is 5.75 Å². The van der Waals surface area contributed by atoms with Crippen molar-refractivity contribution in [3.05, 3.63) is 137 Å². The summed E-state index contributed by atoms with van der Waals surface area (Å²) in [6, 6.07) is 33.6. The van der Waals surface area contributed by atoms with E-state index in [0.29, 0.717) is 37.5 Å². The maximum atomic E-state index is 13.1. The molecule has 6 rings (SSSR count). The zero-order valence-electron chi connectivity index (χ0n) is 25.8. The number of nitrogens with zero attached hydrogens (tertiary/aromatic N) is 1. The van der Waals surface area contributed by atoms with Crippen LogP contribution in [0.1, 0.15) is 60.5 Å². The highest BCUT2D eigenvalue weighted by Gasteiger charge is 2.25. The summed E-state index contributed by atoms with van der Waals surface area (Å²) in [4.78, 5) is 24.7. The third-order valence-corrected chi connectivity index (χ3v) is 8.40. The van der Waals surface area contributed by atoms with E-state index >= 15 is 0 Å². The summed E-state index contributed by atoms with van der Waals surface area (Å²) in [5, 5.41) is 4.08. The van der Waals surface area contributed by atoms with Gasteiger partial charge in [-0.3, -0.25) is 9.59 Å². The predicted octanol–water partition coefficient (Wildman–Crippen LogP) is 8.14. The number of anilines is 1. The van der Waals surface area contributed by atoms with Gasteiger partial charge in [0, 0.05) is 29.6 Å². The van der Waals surface area contributed by atoms with Crippen molar-refractivity contribution in [2.45, 2.75) is 45.6 Å². The Morgan fingerprint density at radius 1 is 0.889 bits per heavy atom. The van der Waals surface area contributed by atoms with Gasteiger partial charge in [0.1, 0.15) is 5.75 Å². The second kappa shape index (κ2) is 13.7. The molecule has 1 heterocycles. The molecule has 1 N–H and O–H groups in total. The average Bonchev–Trinajstić information content (AvgIpc) is 3.39. The molecule has 6 nitrogen and oxygen atoms in total. The van der Waals surface area contributed by atoms with Crippen LogP contribution in [-0.2, 0) is 27.2 Å². The number of carbonyl (C=O) groups is 2. The largest absolute Gasteiger partial charge is 0.491 e. The van der Waals surface area contributed by atoms with Crippen molar-refractivity contribution < 1.29 is 19.1 Å². The molecule has 0 aliphatic heterocycles. The number of esters is 1. The molecule has 45 heavy (non-hydrogen) atoms. The Morgan fingerprint density at radius 3 is 2.31 bits per heavy atom. The smallest absolute Gasteiger partial charge is 0.305 e. The summed E-state index contributed by atoms with van der Waals surface area (Å²) in [5.41, 5.74) is 9.07. The molecule has 0 fully saturated rings. The number of benzene rings is 4. The summed E-state index contributed by atoms with van der Waals surface area (Å²) in [6.45, 7) is 4.45. The van der Waals surface area contributed by atoms with E-state index in [1.165, 1.54) is 22.3 Å². The Labute approximate surface area is 264 Å². The van der Waals surface area contributed by atoms with Gasteiger partial charge in [0.15, 0.2) is 0 Å². The van der Waals surface area contributed by atoms with Crippen LogP contribution < -0.4 is 10.1 Å². The van der Waals surface area contributed by atoms with E-state index in [1.54, 1.807) is 25.1 Å². The molecule has 0 saturated heterocycles. The summed E-state index contributed by atoms with van der Waals surface area (Å²) < 4.78 is 13.2. The van der Waals surface area contributed by atoms with E-state index in [0.717, 1.165) is 34.9 Å². The Bertz CT molecular complexity index is 1820. The zero-order valence-corrected chi connectivity index (χ0v) is 25.8.